The number of nitrogens with zero attached hydrogens (tertiary/aromatic N) is 2. The van der Waals surface area contributed by atoms with Crippen LogP contribution in [0.1, 0.15) is 24.8 Å². The van der Waals surface area contributed by atoms with E-state index in [2.05, 4.69) is 39.0 Å². The van der Waals surface area contributed by atoms with Crippen molar-refractivity contribution < 1.29 is 0 Å². The summed E-state index contributed by atoms with van der Waals surface area (Å²) in [4.78, 5) is 7.16. The minimum absolute atomic E-state index is 1.04. The largest absolute Gasteiger partial charge is 0.356 e. The second-order valence-electron chi connectivity index (χ2n) is 4.18. The third kappa shape index (κ3) is 1.69. The fourth-order valence-corrected chi connectivity index (χ4v) is 2.64. The maximum absolute atomic E-state index is 4.74. The summed E-state index contributed by atoms with van der Waals surface area (Å²) in [5, 5.41) is 0. The number of benzene rings is 1. The van der Waals surface area contributed by atoms with Gasteiger partial charge in [0.15, 0.2) is 0 Å². The van der Waals surface area contributed by atoms with Gasteiger partial charge < -0.3 is 4.90 Å². The summed E-state index contributed by atoms with van der Waals surface area (Å²) in [6.07, 6.45) is 3.75. The van der Waals surface area contributed by atoms with Crippen molar-refractivity contribution in [2.45, 2.75) is 25.8 Å². The van der Waals surface area contributed by atoms with Crippen LogP contribution in [0.3, 0.4) is 0 Å². The first-order valence-electron chi connectivity index (χ1n) is 5.44. The van der Waals surface area contributed by atoms with Crippen molar-refractivity contribution in [3.8, 4) is 0 Å². The molecule has 0 aromatic heterocycles. The zero-order valence-electron chi connectivity index (χ0n) is 8.54. The fourth-order valence-electron chi connectivity index (χ4n) is 2.29. The van der Waals surface area contributed by atoms with E-state index in [1.165, 1.54) is 30.8 Å². The maximum Gasteiger partial charge on any atom is 0.105 e. The molecule has 0 atom stereocenters. The molecule has 0 radical (unpaired) electrons. The van der Waals surface area contributed by atoms with E-state index in [9.17, 15) is 0 Å². The van der Waals surface area contributed by atoms with Gasteiger partial charge in [0.25, 0.3) is 0 Å². The van der Waals surface area contributed by atoms with Crippen molar-refractivity contribution in [1.29, 1.82) is 0 Å². The van der Waals surface area contributed by atoms with E-state index in [0.29, 0.717) is 0 Å². The van der Waals surface area contributed by atoms with Gasteiger partial charge in [-0.3, -0.25) is 0 Å². The van der Waals surface area contributed by atoms with Gasteiger partial charge in [-0.25, -0.2) is 4.99 Å². The molecule has 2 heterocycles. The molecule has 0 N–H and O–H groups in total. The Hall–Kier alpha value is -0.830. The van der Waals surface area contributed by atoms with Gasteiger partial charge in [0.2, 0.25) is 0 Å². The Morgan fingerprint density at radius 3 is 3.13 bits per heavy atom. The SMILES string of the molecule is Brc1ccc2c(c1)N=C1CCCCN1C2. The first-order valence-corrected chi connectivity index (χ1v) is 6.23. The molecule has 0 amide bonds. The Bertz CT molecular complexity index is 426. The van der Waals surface area contributed by atoms with Gasteiger partial charge in [0, 0.05) is 24.0 Å². The van der Waals surface area contributed by atoms with Gasteiger partial charge >= 0.3 is 0 Å². The molecule has 1 aromatic rings. The van der Waals surface area contributed by atoms with Gasteiger partial charge in [0.1, 0.15) is 5.84 Å². The molecule has 1 saturated heterocycles. The average molecular weight is 265 g/mol. The fraction of sp³-hybridized carbons (Fsp3) is 0.417. The molecule has 3 heteroatoms. The molecule has 1 fully saturated rings. The van der Waals surface area contributed by atoms with E-state index in [-0.39, 0.29) is 0 Å². The number of rotatable bonds is 0. The van der Waals surface area contributed by atoms with E-state index >= 15 is 0 Å². The second kappa shape index (κ2) is 3.63. The Morgan fingerprint density at radius 2 is 2.20 bits per heavy atom. The Balaban J connectivity index is 2.03. The van der Waals surface area contributed by atoms with Gasteiger partial charge in [-0.05, 0) is 30.5 Å². The maximum atomic E-state index is 4.74. The summed E-state index contributed by atoms with van der Waals surface area (Å²) in [6, 6.07) is 6.39. The first kappa shape index (κ1) is 9.40. The lowest BCUT2D eigenvalue weighted by molar-refractivity contribution is 0.359. The Morgan fingerprint density at radius 1 is 1.27 bits per heavy atom. The van der Waals surface area contributed by atoms with Crippen LogP contribution in [-0.4, -0.2) is 17.3 Å². The molecule has 1 aromatic carbocycles. The minimum atomic E-state index is 1.04. The third-order valence-electron chi connectivity index (χ3n) is 3.10. The second-order valence-corrected chi connectivity index (χ2v) is 5.10. The van der Waals surface area contributed by atoms with E-state index in [4.69, 9.17) is 4.99 Å². The van der Waals surface area contributed by atoms with Crippen molar-refractivity contribution in [2.24, 2.45) is 4.99 Å². The lowest BCUT2D eigenvalue weighted by atomic mass is 10.0. The molecule has 0 saturated carbocycles. The summed E-state index contributed by atoms with van der Waals surface area (Å²) >= 11 is 3.50. The average Bonchev–Trinajstić information content (AvgIpc) is 2.26. The quantitative estimate of drug-likeness (QED) is 0.701. The molecule has 2 aliphatic heterocycles. The molecule has 15 heavy (non-hydrogen) atoms. The Kier molecular flexibility index (Phi) is 2.28. The third-order valence-corrected chi connectivity index (χ3v) is 3.59. The summed E-state index contributed by atoms with van der Waals surface area (Å²) in [5.74, 6) is 1.28. The van der Waals surface area contributed by atoms with Crippen molar-refractivity contribution >= 4 is 27.5 Å². The predicted octanol–water partition coefficient (Wildman–Crippen LogP) is 3.48. The van der Waals surface area contributed by atoms with Crippen LogP contribution < -0.4 is 0 Å². The van der Waals surface area contributed by atoms with E-state index in [1.54, 1.807) is 0 Å². The van der Waals surface area contributed by atoms with Crippen molar-refractivity contribution in [3.63, 3.8) is 0 Å². The highest BCUT2D eigenvalue weighted by Crippen LogP contribution is 2.31. The summed E-state index contributed by atoms with van der Waals surface area (Å²) in [6.45, 7) is 2.22. The molecular formula is C12H13BrN2. The molecule has 3 rings (SSSR count). The lowest BCUT2D eigenvalue weighted by Crippen LogP contribution is -2.36. The molecule has 0 spiro atoms. The molecule has 0 bridgehead atoms. The van der Waals surface area contributed by atoms with Crippen LogP contribution in [0.2, 0.25) is 0 Å². The van der Waals surface area contributed by atoms with Crippen LogP contribution in [0.25, 0.3) is 0 Å². The number of halogens is 1. The standard InChI is InChI=1S/C12H13BrN2/c13-10-5-4-9-8-15-6-2-1-3-12(15)14-11(9)7-10/h4-5,7H,1-3,6,8H2. The van der Waals surface area contributed by atoms with Gasteiger partial charge in [-0.2, -0.15) is 0 Å². The summed E-state index contributed by atoms with van der Waals surface area (Å²) in [5.41, 5.74) is 2.50. The number of aliphatic imine (C=N–C) groups is 1. The zero-order valence-corrected chi connectivity index (χ0v) is 10.1. The van der Waals surface area contributed by atoms with Crippen LogP contribution in [0.15, 0.2) is 27.7 Å². The van der Waals surface area contributed by atoms with E-state index < -0.39 is 0 Å². The minimum Gasteiger partial charge on any atom is -0.356 e. The number of amidine groups is 1. The molecule has 0 unspecified atom stereocenters. The normalized spacial score (nSPS) is 19.3. The molecular weight excluding hydrogens is 252 g/mol. The van der Waals surface area contributed by atoms with E-state index in [0.717, 1.165) is 23.1 Å². The number of hydrogen-bond donors (Lipinski definition) is 0. The number of fused-ring (bicyclic) bond motifs is 2. The van der Waals surface area contributed by atoms with Crippen molar-refractivity contribution in [2.75, 3.05) is 6.54 Å². The lowest BCUT2D eigenvalue weighted by Gasteiger charge is -2.33. The number of piperidine rings is 1. The molecule has 0 aliphatic carbocycles. The molecule has 2 nitrogen and oxygen atoms in total. The van der Waals surface area contributed by atoms with Gasteiger partial charge in [-0.1, -0.05) is 22.0 Å². The monoisotopic (exact) mass is 264 g/mol. The van der Waals surface area contributed by atoms with Crippen LogP contribution in [-0.2, 0) is 6.54 Å². The van der Waals surface area contributed by atoms with Crippen molar-refractivity contribution in [1.82, 2.24) is 4.90 Å². The topological polar surface area (TPSA) is 15.6 Å². The highest BCUT2D eigenvalue weighted by molar-refractivity contribution is 9.10. The number of hydrogen-bond acceptors (Lipinski definition) is 2. The Labute approximate surface area is 98.1 Å². The van der Waals surface area contributed by atoms with Gasteiger partial charge in [-0.15, -0.1) is 0 Å². The van der Waals surface area contributed by atoms with Gasteiger partial charge in [0.05, 0.1) is 5.69 Å². The molecule has 2 aliphatic rings. The highest BCUT2D eigenvalue weighted by Gasteiger charge is 2.21. The first-order chi connectivity index (χ1) is 7.33. The van der Waals surface area contributed by atoms with Crippen LogP contribution in [0.5, 0.6) is 0 Å². The van der Waals surface area contributed by atoms with E-state index in [1.807, 2.05) is 0 Å². The van der Waals surface area contributed by atoms with Crippen LogP contribution in [0, 0.1) is 0 Å². The summed E-state index contributed by atoms with van der Waals surface area (Å²) in [7, 11) is 0. The van der Waals surface area contributed by atoms with Crippen molar-refractivity contribution in [3.05, 3.63) is 28.2 Å². The van der Waals surface area contributed by atoms with Crippen LogP contribution in [0.4, 0.5) is 5.69 Å². The summed E-state index contributed by atoms with van der Waals surface area (Å²) < 4.78 is 1.12. The highest BCUT2D eigenvalue weighted by atomic mass is 79.9. The molecule has 78 valence electrons. The van der Waals surface area contributed by atoms with Crippen LogP contribution >= 0.6 is 15.9 Å². The smallest absolute Gasteiger partial charge is 0.105 e. The predicted molar refractivity (Wildman–Crippen MR) is 65.5 cm³/mol. The zero-order chi connectivity index (χ0) is 10.3.